The molecule has 0 fully saturated rings. The molecule has 0 radical (unpaired) electrons. The molecule has 2 N–H and O–H groups in total. The molecule has 0 aliphatic heterocycles. The van der Waals surface area contributed by atoms with Crippen LogP contribution in [0.25, 0.3) is 5.70 Å². The van der Waals surface area contributed by atoms with Crippen LogP contribution in [0.3, 0.4) is 0 Å². The van der Waals surface area contributed by atoms with Crippen molar-refractivity contribution in [3.8, 4) is 0 Å². The summed E-state index contributed by atoms with van der Waals surface area (Å²) < 4.78 is 1.03. The number of rotatable bonds is 5. The third kappa shape index (κ3) is 6.71. The first-order valence-corrected chi connectivity index (χ1v) is 9.49. The zero-order chi connectivity index (χ0) is 18.4. The van der Waals surface area contributed by atoms with Crippen LogP contribution in [0.5, 0.6) is 0 Å². The van der Waals surface area contributed by atoms with Crippen LogP contribution in [0.2, 0.25) is 10.0 Å². The minimum absolute atomic E-state index is 0. The Morgan fingerprint density at radius 2 is 1.56 bits per heavy atom. The molecule has 0 aliphatic rings. The van der Waals surface area contributed by atoms with Crippen LogP contribution in [0, 0.1) is 0 Å². The third-order valence-electron chi connectivity index (χ3n) is 3.58. The van der Waals surface area contributed by atoms with Crippen molar-refractivity contribution < 1.29 is 17.4 Å². The van der Waals surface area contributed by atoms with Crippen molar-refractivity contribution >= 4 is 62.4 Å². The van der Waals surface area contributed by atoms with Gasteiger partial charge in [-0.05, 0) is 42.0 Å². The highest BCUT2D eigenvalue weighted by Gasteiger charge is 2.04. The van der Waals surface area contributed by atoms with Crippen molar-refractivity contribution in [2.45, 2.75) is 0 Å². The fraction of sp³-hybridized carbons (Fsp3) is 0. The lowest BCUT2D eigenvalue weighted by Gasteiger charge is -2.11. The van der Waals surface area contributed by atoms with Crippen molar-refractivity contribution in [2.75, 3.05) is 5.32 Å². The molecular weight excluding hydrogens is 467 g/mol. The van der Waals surface area contributed by atoms with E-state index in [0.717, 1.165) is 27.1 Å². The van der Waals surface area contributed by atoms with E-state index >= 15 is 0 Å². The van der Waals surface area contributed by atoms with Crippen molar-refractivity contribution in [3.05, 3.63) is 99.0 Å². The Morgan fingerprint density at radius 3 is 2.22 bits per heavy atom. The minimum Gasteiger partial charge on any atom is -1.00 e. The molecule has 0 atom stereocenters. The van der Waals surface area contributed by atoms with Crippen LogP contribution in [-0.4, -0.2) is 6.21 Å². The molecule has 0 saturated carbocycles. The molecule has 3 aromatic rings. The molecule has 0 aliphatic carbocycles. The molecular formula is C21H16BrCl3N2. The molecule has 138 valence electrons. The van der Waals surface area contributed by atoms with Crippen LogP contribution in [0.4, 0.5) is 11.4 Å². The fourth-order valence-corrected chi connectivity index (χ4v) is 3.01. The lowest BCUT2D eigenvalue weighted by Crippen LogP contribution is -3.00. The summed E-state index contributed by atoms with van der Waals surface area (Å²) >= 11 is 15.6. The minimum atomic E-state index is 0. The zero-order valence-electron chi connectivity index (χ0n) is 14.1. The van der Waals surface area contributed by atoms with Gasteiger partial charge in [-0.3, -0.25) is 0 Å². The smallest absolute Gasteiger partial charge is 0.204 e. The van der Waals surface area contributed by atoms with Crippen LogP contribution < -0.4 is 22.7 Å². The van der Waals surface area contributed by atoms with Gasteiger partial charge in [0, 0.05) is 38.4 Å². The summed E-state index contributed by atoms with van der Waals surface area (Å²) in [7, 11) is 0. The monoisotopic (exact) mass is 480 g/mol. The van der Waals surface area contributed by atoms with E-state index < -0.39 is 0 Å². The summed E-state index contributed by atoms with van der Waals surface area (Å²) in [4.78, 5) is 3.23. The van der Waals surface area contributed by atoms with Crippen LogP contribution in [0.1, 0.15) is 5.56 Å². The van der Waals surface area contributed by atoms with E-state index in [-0.39, 0.29) is 12.4 Å². The van der Waals surface area contributed by atoms with Gasteiger partial charge in [0.05, 0.1) is 5.70 Å². The first kappa shape index (κ1) is 21.5. The molecule has 0 aromatic heterocycles. The predicted molar refractivity (Wildman–Crippen MR) is 115 cm³/mol. The topological polar surface area (TPSA) is 26.0 Å². The summed E-state index contributed by atoms with van der Waals surface area (Å²) in [6, 6.07) is 23.3. The van der Waals surface area contributed by atoms with Gasteiger partial charge in [0.25, 0.3) is 0 Å². The van der Waals surface area contributed by atoms with Gasteiger partial charge in [-0.15, -0.1) is 0 Å². The summed E-state index contributed by atoms with van der Waals surface area (Å²) in [5.41, 5.74) is 3.83. The van der Waals surface area contributed by atoms with E-state index in [1.165, 1.54) is 0 Å². The van der Waals surface area contributed by atoms with Crippen molar-refractivity contribution in [2.24, 2.45) is 0 Å². The van der Waals surface area contributed by atoms with Gasteiger partial charge in [0.15, 0.2) is 6.21 Å². The lowest BCUT2D eigenvalue weighted by molar-refractivity contribution is -0.346. The standard InChI is InChI=1S/C21H15BrCl2N2.ClH/c22-16-9-7-15(8-10-16)21(26-20-6-2-4-18(24)14-20)11-12-25-19-5-1-3-17(23)13-19;/h1-14,26H;1H. The molecule has 0 unspecified atom stereocenters. The first-order valence-electron chi connectivity index (χ1n) is 7.94. The first-order chi connectivity index (χ1) is 12.6. The normalized spacial score (nSPS) is 11.3. The molecule has 0 saturated heterocycles. The zero-order valence-corrected chi connectivity index (χ0v) is 17.9. The van der Waals surface area contributed by atoms with E-state index in [1.807, 2.05) is 85.1 Å². The maximum Gasteiger partial charge on any atom is 0.204 e. The Balaban J connectivity index is 0.00000261. The van der Waals surface area contributed by atoms with Gasteiger partial charge in [0.2, 0.25) is 5.69 Å². The largest absolute Gasteiger partial charge is 1.00 e. The molecule has 2 nitrogen and oxygen atoms in total. The molecule has 0 heterocycles. The Hall–Kier alpha value is -1.78. The van der Waals surface area contributed by atoms with Gasteiger partial charge in [-0.25, -0.2) is 4.99 Å². The number of hydrogen-bond donors (Lipinski definition) is 2. The van der Waals surface area contributed by atoms with Gasteiger partial charge in [-0.1, -0.05) is 63.4 Å². The number of anilines is 1. The summed E-state index contributed by atoms with van der Waals surface area (Å²) in [5.74, 6) is 0. The number of hydrogen-bond acceptors (Lipinski definition) is 1. The van der Waals surface area contributed by atoms with Gasteiger partial charge in [-0.2, -0.15) is 0 Å². The second kappa shape index (κ2) is 10.5. The van der Waals surface area contributed by atoms with Crippen LogP contribution >= 0.6 is 39.1 Å². The molecule has 0 amide bonds. The number of allylic oxidation sites excluding steroid dienone is 1. The van der Waals surface area contributed by atoms with Gasteiger partial charge < -0.3 is 17.7 Å². The highest BCUT2D eigenvalue weighted by Crippen LogP contribution is 2.22. The van der Waals surface area contributed by atoms with E-state index in [1.54, 1.807) is 0 Å². The maximum absolute atomic E-state index is 6.10. The molecule has 27 heavy (non-hydrogen) atoms. The van der Waals surface area contributed by atoms with Crippen molar-refractivity contribution in [1.29, 1.82) is 0 Å². The highest BCUT2D eigenvalue weighted by atomic mass is 79.9. The summed E-state index contributed by atoms with van der Waals surface area (Å²) in [6.07, 6.45) is 3.85. The SMILES string of the molecule is Clc1cccc(NC(=CC=[NH+]c2cccc(Cl)c2)c2ccc(Br)cc2)c1.[Cl-]. The maximum atomic E-state index is 6.10. The average molecular weight is 483 g/mol. The molecule has 0 spiro atoms. The van der Waals surface area contributed by atoms with Crippen molar-refractivity contribution in [3.63, 3.8) is 0 Å². The van der Waals surface area contributed by atoms with Crippen molar-refractivity contribution in [1.82, 2.24) is 0 Å². The second-order valence-electron chi connectivity index (χ2n) is 5.54. The molecule has 6 heteroatoms. The summed E-state index contributed by atoms with van der Waals surface area (Å²) in [6.45, 7) is 0. The Morgan fingerprint density at radius 1 is 0.889 bits per heavy atom. The predicted octanol–water partition coefficient (Wildman–Crippen LogP) is 2.70. The average Bonchev–Trinajstić information content (AvgIpc) is 2.62. The Bertz CT molecular complexity index is 954. The molecule has 0 bridgehead atoms. The number of halogens is 4. The van der Waals surface area contributed by atoms with E-state index in [9.17, 15) is 0 Å². The fourth-order valence-electron chi connectivity index (χ4n) is 2.36. The lowest BCUT2D eigenvalue weighted by atomic mass is 10.1. The third-order valence-corrected chi connectivity index (χ3v) is 4.58. The molecule has 3 rings (SSSR count). The van der Waals surface area contributed by atoms with E-state index in [4.69, 9.17) is 23.2 Å². The highest BCUT2D eigenvalue weighted by molar-refractivity contribution is 9.10. The number of nitrogens with one attached hydrogen (secondary N) is 2. The molecule has 3 aromatic carbocycles. The van der Waals surface area contributed by atoms with Gasteiger partial charge >= 0.3 is 0 Å². The second-order valence-corrected chi connectivity index (χ2v) is 7.33. The summed E-state index contributed by atoms with van der Waals surface area (Å²) in [5, 5.41) is 4.80. The van der Waals surface area contributed by atoms with E-state index in [2.05, 4.69) is 26.2 Å². The number of benzene rings is 3. The Kier molecular flexibility index (Phi) is 8.39. The Labute approximate surface area is 183 Å². The van der Waals surface area contributed by atoms with E-state index in [0.29, 0.717) is 10.0 Å². The van der Waals surface area contributed by atoms with Crippen LogP contribution in [0.15, 0.2) is 83.3 Å². The van der Waals surface area contributed by atoms with Gasteiger partial charge in [0.1, 0.15) is 0 Å². The quantitative estimate of drug-likeness (QED) is 0.538. The van der Waals surface area contributed by atoms with Crippen LogP contribution in [-0.2, 0) is 0 Å².